The van der Waals surface area contributed by atoms with Crippen LogP contribution in [0, 0.1) is 0 Å². The molecule has 1 heterocycles. The van der Waals surface area contributed by atoms with Gasteiger partial charge in [-0.3, -0.25) is 0 Å². The third kappa shape index (κ3) is 2.32. The number of hydrogen-bond donors (Lipinski definition) is 1. The summed E-state index contributed by atoms with van der Waals surface area (Å²) in [4.78, 5) is 4.67. The molecule has 0 aliphatic heterocycles. The van der Waals surface area contributed by atoms with Gasteiger partial charge in [-0.2, -0.15) is 5.10 Å². The predicted octanol–water partition coefficient (Wildman–Crippen LogP) is 2.26. The maximum absolute atomic E-state index is 6.13. The minimum atomic E-state index is -0.256. The first-order valence-corrected chi connectivity index (χ1v) is 6.77. The van der Waals surface area contributed by atoms with E-state index in [0.29, 0.717) is 5.92 Å². The highest BCUT2D eigenvalue weighted by Crippen LogP contribution is 2.41. The predicted molar refractivity (Wildman–Crippen MR) is 65.4 cm³/mol. The lowest BCUT2D eigenvalue weighted by molar-refractivity contribution is 0.552. The summed E-state index contributed by atoms with van der Waals surface area (Å²) >= 11 is 0. The van der Waals surface area contributed by atoms with Gasteiger partial charge in [0.05, 0.1) is 17.4 Å². The lowest BCUT2D eigenvalue weighted by Crippen LogP contribution is -2.23. The zero-order valence-electron chi connectivity index (χ0n) is 10.2. The number of hydrogen-bond acceptors (Lipinski definition) is 4. The average Bonchev–Trinajstić information content (AvgIpc) is 3.14. The maximum atomic E-state index is 6.13. The van der Waals surface area contributed by atoms with E-state index in [1.165, 1.54) is 38.5 Å². The van der Waals surface area contributed by atoms with Gasteiger partial charge in [-0.05, 0) is 25.7 Å². The summed E-state index contributed by atoms with van der Waals surface area (Å²) in [7, 11) is 0. The Balaban J connectivity index is 1.81. The van der Waals surface area contributed by atoms with Crippen molar-refractivity contribution >= 4 is 0 Å². The monoisotopic (exact) mass is 232 g/mol. The van der Waals surface area contributed by atoms with E-state index in [-0.39, 0.29) is 5.54 Å². The molecule has 0 amide bonds. The van der Waals surface area contributed by atoms with Crippen LogP contribution in [-0.2, 0) is 5.54 Å². The summed E-state index contributed by atoms with van der Waals surface area (Å²) in [6, 6.07) is 0. The summed E-state index contributed by atoms with van der Waals surface area (Å²) < 4.78 is 0. The van der Waals surface area contributed by atoms with Gasteiger partial charge in [0.25, 0.3) is 0 Å². The first kappa shape index (κ1) is 11.1. The van der Waals surface area contributed by atoms with Gasteiger partial charge in [0.1, 0.15) is 0 Å². The Labute approximate surface area is 102 Å². The maximum Gasteiger partial charge on any atom is 0.171 e. The zero-order chi connectivity index (χ0) is 11.7. The lowest BCUT2D eigenvalue weighted by atomic mass is 9.97. The lowest BCUT2D eigenvalue weighted by Gasteiger charge is -2.14. The van der Waals surface area contributed by atoms with Crippen molar-refractivity contribution in [2.75, 3.05) is 0 Å². The van der Waals surface area contributed by atoms with E-state index in [1.54, 1.807) is 0 Å². The molecule has 4 heteroatoms. The molecule has 0 saturated heterocycles. The Morgan fingerprint density at radius 1 is 1.12 bits per heavy atom. The molecule has 0 aromatic carbocycles. The van der Waals surface area contributed by atoms with Gasteiger partial charge in [-0.1, -0.05) is 25.7 Å². The molecule has 4 nitrogen and oxygen atoms in total. The quantitative estimate of drug-likeness (QED) is 0.794. The molecule has 0 radical (unpaired) electrons. The number of nitrogens with zero attached hydrogens (tertiary/aromatic N) is 3. The van der Waals surface area contributed by atoms with Crippen LogP contribution in [0.3, 0.4) is 0 Å². The molecule has 0 unspecified atom stereocenters. The first-order valence-electron chi connectivity index (χ1n) is 6.77. The van der Waals surface area contributed by atoms with Crippen molar-refractivity contribution in [3.8, 4) is 0 Å². The number of rotatable bonds is 2. The minimum absolute atomic E-state index is 0.256. The van der Waals surface area contributed by atoms with E-state index >= 15 is 0 Å². The van der Waals surface area contributed by atoms with E-state index in [4.69, 9.17) is 5.73 Å². The molecule has 2 aliphatic carbocycles. The standard InChI is InChI=1S/C13H20N4/c14-13(7-8-13)12-16-11(9-15-17-12)10-5-3-1-2-4-6-10/h9-10H,1-8,14H2. The van der Waals surface area contributed by atoms with Crippen LogP contribution in [0.2, 0.25) is 0 Å². The fourth-order valence-electron chi connectivity index (χ4n) is 2.66. The third-order valence-electron chi connectivity index (χ3n) is 4.08. The van der Waals surface area contributed by atoms with Crippen LogP contribution < -0.4 is 5.73 Å². The summed E-state index contributed by atoms with van der Waals surface area (Å²) in [6.45, 7) is 0. The molecule has 3 rings (SSSR count). The molecule has 0 atom stereocenters. The summed E-state index contributed by atoms with van der Waals surface area (Å²) in [5.74, 6) is 1.34. The molecule has 2 aliphatic rings. The van der Waals surface area contributed by atoms with Crippen molar-refractivity contribution in [3.05, 3.63) is 17.7 Å². The van der Waals surface area contributed by atoms with Crippen molar-refractivity contribution in [2.45, 2.75) is 62.8 Å². The summed E-state index contributed by atoms with van der Waals surface area (Å²) in [5.41, 5.74) is 7.00. The molecular formula is C13H20N4. The van der Waals surface area contributed by atoms with E-state index < -0.39 is 0 Å². The SMILES string of the molecule is NC1(c2nncc(C3CCCCCC3)n2)CC1. The molecule has 0 spiro atoms. The molecule has 0 bridgehead atoms. The Kier molecular flexibility index (Phi) is 2.82. The largest absolute Gasteiger partial charge is 0.319 e. The second kappa shape index (κ2) is 4.33. The molecule has 17 heavy (non-hydrogen) atoms. The third-order valence-corrected chi connectivity index (χ3v) is 4.08. The Morgan fingerprint density at radius 3 is 2.47 bits per heavy atom. The van der Waals surface area contributed by atoms with Crippen molar-refractivity contribution < 1.29 is 0 Å². The summed E-state index contributed by atoms with van der Waals surface area (Å²) in [5, 5.41) is 8.21. The Morgan fingerprint density at radius 2 is 1.82 bits per heavy atom. The van der Waals surface area contributed by atoms with Crippen LogP contribution in [0.4, 0.5) is 0 Å². The molecule has 1 aromatic rings. The van der Waals surface area contributed by atoms with Gasteiger partial charge in [-0.25, -0.2) is 4.98 Å². The van der Waals surface area contributed by atoms with Crippen LogP contribution in [0.5, 0.6) is 0 Å². The smallest absolute Gasteiger partial charge is 0.171 e. The highest BCUT2D eigenvalue weighted by Gasteiger charge is 2.43. The molecule has 2 saturated carbocycles. The zero-order valence-corrected chi connectivity index (χ0v) is 10.2. The van der Waals surface area contributed by atoms with E-state index in [1.807, 2.05) is 6.20 Å². The number of nitrogens with two attached hydrogens (primary N) is 1. The first-order chi connectivity index (χ1) is 8.28. The van der Waals surface area contributed by atoms with Crippen LogP contribution in [-0.4, -0.2) is 15.2 Å². The van der Waals surface area contributed by atoms with Crippen molar-refractivity contribution in [1.29, 1.82) is 0 Å². The minimum Gasteiger partial charge on any atom is -0.319 e. The molecule has 92 valence electrons. The molecule has 2 N–H and O–H groups in total. The highest BCUT2D eigenvalue weighted by molar-refractivity contribution is 5.16. The Hall–Kier alpha value is -1.03. The van der Waals surface area contributed by atoms with E-state index in [2.05, 4.69) is 15.2 Å². The van der Waals surface area contributed by atoms with Gasteiger partial charge in [0.15, 0.2) is 5.82 Å². The average molecular weight is 232 g/mol. The van der Waals surface area contributed by atoms with Gasteiger partial charge >= 0.3 is 0 Å². The van der Waals surface area contributed by atoms with Crippen LogP contribution in [0.15, 0.2) is 6.20 Å². The summed E-state index contributed by atoms with van der Waals surface area (Å²) in [6.07, 6.45) is 11.7. The van der Waals surface area contributed by atoms with Crippen molar-refractivity contribution in [3.63, 3.8) is 0 Å². The fourth-order valence-corrected chi connectivity index (χ4v) is 2.66. The normalized spacial score (nSPS) is 24.3. The van der Waals surface area contributed by atoms with Gasteiger partial charge in [0.2, 0.25) is 0 Å². The number of aromatic nitrogens is 3. The van der Waals surface area contributed by atoms with Gasteiger partial charge in [-0.15, -0.1) is 5.10 Å². The van der Waals surface area contributed by atoms with Crippen LogP contribution in [0.1, 0.15) is 68.8 Å². The molecular weight excluding hydrogens is 212 g/mol. The van der Waals surface area contributed by atoms with Gasteiger partial charge < -0.3 is 5.73 Å². The van der Waals surface area contributed by atoms with Crippen molar-refractivity contribution in [1.82, 2.24) is 15.2 Å². The van der Waals surface area contributed by atoms with Crippen LogP contribution in [0.25, 0.3) is 0 Å². The van der Waals surface area contributed by atoms with E-state index in [0.717, 1.165) is 24.4 Å². The molecule has 2 fully saturated rings. The fraction of sp³-hybridized carbons (Fsp3) is 0.769. The Bertz CT molecular complexity index is 392. The molecule has 1 aromatic heterocycles. The topological polar surface area (TPSA) is 64.7 Å². The second-order valence-electron chi connectivity index (χ2n) is 5.55. The highest BCUT2D eigenvalue weighted by atomic mass is 15.2. The second-order valence-corrected chi connectivity index (χ2v) is 5.55. The van der Waals surface area contributed by atoms with E-state index in [9.17, 15) is 0 Å². The van der Waals surface area contributed by atoms with Crippen LogP contribution >= 0.6 is 0 Å². The van der Waals surface area contributed by atoms with Gasteiger partial charge in [0, 0.05) is 5.92 Å². The van der Waals surface area contributed by atoms with Crippen molar-refractivity contribution in [2.24, 2.45) is 5.73 Å².